The van der Waals surface area contributed by atoms with Gasteiger partial charge in [0.15, 0.2) is 4.34 Å². The van der Waals surface area contributed by atoms with Crippen LogP contribution in [0.5, 0.6) is 0 Å². The van der Waals surface area contributed by atoms with Crippen molar-refractivity contribution < 1.29 is 4.79 Å². The van der Waals surface area contributed by atoms with E-state index >= 15 is 0 Å². The van der Waals surface area contributed by atoms with E-state index in [1.54, 1.807) is 0 Å². The molecule has 1 unspecified atom stereocenters. The van der Waals surface area contributed by atoms with E-state index in [2.05, 4.69) is 27.6 Å². The second-order valence-corrected chi connectivity index (χ2v) is 8.07. The Bertz CT molecular complexity index is 641. The van der Waals surface area contributed by atoms with Gasteiger partial charge in [0, 0.05) is 19.6 Å². The molecule has 0 radical (unpaired) electrons. The van der Waals surface area contributed by atoms with E-state index in [4.69, 9.17) is 0 Å². The molecule has 1 saturated heterocycles. The average Bonchev–Trinajstić information content (AvgIpc) is 3.25. The largest absolute Gasteiger partial charge is 0.356 e. The first kappa shape index (κ1) is 16.3. The van der Waals surface area contributed by atoms with Crippen molar-refractivity contribution in [1.29, 1.82) is 0 Å². The molecule has 1 aliphatic rings. The first-order chi connectivity index (χ1) is 11.2. The van der Waals surface area contributed by atoms with Gasteiger partial charge in [0.1, 0.15) is 0 Å². The van der Waals surface area contributed by atoms with Crippen LogP contribution in [0, 0.1) is 0 Å². The van der Waals surface area contributed by atoms with E-state index in [0.717, 1.165) is 41.9 Å². The summed E-state index contributed by atoms with van der Waals surface area (Å²) in [7, 11) is 0. The lowest BCUT2D eigenvalue weighted by Gasteiger charge is -2.18. The number of benzene rings is 1. The predicted octanol–water partition coefficient (Wildman–Crippen LogP) is 3.25. The SMILES string of the molecule is CC(Sc1nnc(NCc2ccccc2)s1)C(=O)N1CCCC1. The van der Waals surface area contributed by atoms with E-state index in [1.165, 1.54) is 28.7 Å². The molecular weight excluding hydrogens is 328 g/mol. The molecule has 7 heteroatoms. The molecule has 122 valence electrons. The van der Waals surface area contributed by atoms with Crippen molar-refractivity contribution >= 4 is 34.1 Å². The number of nitrogens with zero attached hydrogens (tertiary/aromatic N) is 3. The topological polar surface area (TPSA) is 58.1 Å². The molecule has 1 atom stereocenters. The van der Waals surface area contributed by atoms with Gasteiger partial charge in [0.25, 0.3) is 0 Å². The van der Waals surface area contributed by atoms with E-state index in [-0.39, 0.29) is 11.2 Å². The lowest BCUT2D eigenvalue weighted by Crippen LogP contribution is -2.33. The molecule has 0 bridgehead atoms. The van der Waals surface area contributed by atoms with Gasteiger partial charge in [0.2, 0.25) is 11.0 Å². The minimum absolute atomic E-state index is 0.108. The molecule has 0 saturated carbocycles. The third-order valence-electron chi connectivity index (χ3n) is 3.74. The number of carbonyl (C=O) groups excluding carboxylic acids is 1. The van der Waals surface area contributed by atoms with Gasteiger partial charge in [0.05, 0.1) is 5.25 Å². The number of thioether (sulfide) groups is 1. The molecule has 1 aromatic heterocycles. The Hall–Kier alpha value is -1.60. The van der Waals surface area contributed by atoms with E-state index in [0.29, 0.717) is 0 Å². The van der Waals surface area contributed by atoms with Crippen molar-refractivity contribution in [3.05, 3.63) is 35.9 Å². The fourth-order valence-electron chi connectivity index (χ4n) is 2.50. The first-order valence-electron chi connectivity index (χ1n) is 7.79. The molecule has 1 amide bonds. The predicted molar refractivity (Wildman–Crippen MR) is 94.8 cm³/mol. The highest BCUT2D eigenvalue weighted by Crippen LogP contribution is 2.30. The Morgan fingerprint density at radius 3 is 2.78 bits per heavy atom. The number of carbonyl (C=O) groups is 1. The van der Waals surface area contributed by atoms with Crippen LogP contribution >= 0.6 is 23.1 Å². The zero-order valence-corrected chi connectivity index (χ0v) is 14.7. The summed E-state index contributed by atoms with van der Waals surface area (Å²) in [4.78, 5) is 14.3. The monoisotopic (exact) mass is 348 g/mol. The minimum atomic E-state index is -0.108. The fourth-order valence-corrected chi connectivity index (χ4v) is 4.47. The third-order valence-corrected chi connectivity index (χ3v) is 5.79. The van der Waals surface area contributed by atoms with Crippen LogP contribution in [0.25, 0.3) is 0 Å². The summed E-state index contributed by atoms with van der Waals surface area (Å²) < 4.78 is 0.834. The van der Waals surface area contributed by atoms with Crippen LogP contribution in [-0.4, -0.2) is 39.3 Å². The second kappa shape index (κ2) is 7.79. The van der Waals surface area contributed by atoms with Gasteiger partial charge in [-0.05, 0) is 25.3 Å². The van der Waals surface area contributed by atoms with Crippen molar-refractivity contribution in [2.45, 2.75) is 35.9 Å². The van der Waals surface area contributed by atoms with Crippen molar-refractivity contribution in [3.63, 3.8) is 0 Å². The Morgan fingerprint density at radius 2 is 2.04 bits per heavy atom. The summed E-state index contributed by atoms with van der Waals surface area (Å²) in [5.41, 5.74) is 1.20. The lowest BCUT2D eigenvalue weighted by molar-refractivity contribution is -0.129. The van der Waals surface area contributed by atoms with Crippen LogP contribution in [0.4, 0.5) is 5.13 Å². The maximum atomic E-state index is 12.3. The quantitative estimate of drug-likeness (QED) is 0.812. The number of amides is 1. The summed E-state index contributed by atoms with van der Waals surface area (Å²) in [5.74, 6) is 0.210. The lowest BCUT2D eigenvalue weighted by atomic mass is 10.2. The molecule has 0 aliphatic carbocycles. The van der Waals surface area contributed by atoms with Gasteiger partial charge in [-0.1, -0.05) is 53.4 Å². The number of hydrogen-bond donors (Lipinski definition) is 1. The molecule has 23 heavy (non-hydrogen) atoms. The maximum absolute atomic E-state index is 12.3. The summed E-state index contributed by atoms with van der Waals surface area (Å²) in [6.07, 6.45) is 2.24. The smallest absolute Gasteiger partial charge is 0.235 e. The van der Waals surface area contributed by atoms with Crippen LogP contribution in [0.1, 0.15) is 25.3 Å². The average molecular weight is 348 g/mol. The molecule has 2 aromatic rings. The molecule has 2 heterocycles. The van der Waals surface area contributed by atoms with E-state index < -0.39 is 0 Å². The van der Waals surface area contributed by atoms with Gasteiger partial charge in [-0.2, -0.15) is 0 Å². The summed E-state index contributed by atoms with van der Waals surface area (Å²) >= 11 is 2.99. The molecule has 1 aliphatic heterocycles. The number of hydrogen-bond acceptors (Lipinski definition) is 6. The molecule has 1 aromatic carbocycles. The highest BCUT2D eigenvalue weighted by atomic mass is 32.2. The van der Waals surface area contributed by atoms with Crippen LogP contribution in [0.15, 0.2) is 34.7 Å². The van der Waals surface area contributed by atoms with Crippen molar-refractivity contribution in [2.24, 2.45) is 0 Å². The van der Waals surface area contributed by atoms with Crippen molar-refractivity contribution in [1.82, 2.24) is 15.1 Å². The molecule has 3 rings (SSSR count). The standard InChI is InChI=1S/C16H20N4OS2/c1-12(14(21)20-9-5-6-10-20)22-16-19-18-15(23-16)17-11-13-7-3-2-4-8-13/h2-4,7-8,12H,5-6,9-11H2,1H3,(H,17,18). The van der Waals surface area contributed by atoms with Crippen LogP contribution in [0.2, 0.25) is 0 Å². The maximum Gasteiger partial charge on any atom is 0.235 e. The van der Waals surface area contributed by atoms with Crippen molar-refractivity contribution in [2.75, 3.05) is 18.4 Å². The highest BCUT2D eigenvalue weighted by Gasteiger charge is 2.24. The Morgan fingerprint density at radius 1 is 1.30 bits per heavy atom. The van der Waals surface area contributed by atoms with Gasteiger partial charge >= 0.3 is 0 Å². The zero-order chi connectivity index (χ0) is 16.1. The summed E-state index contributed by atoms with van der Waals surface area (Å²) in [5, 5.41) is 12.3. The van der Waals surface area contributed by atoms with Crippen LogP contribution in [0.3, 0.4) is 0 Å². The Kier molecular flexibility index (Phi) is 5.51. The molecule has 5 nitrogen and oxygen atoms in total. The highest BCUT2D eigenvalue weighted by molar-refractivity contribution is 8.02. The fraction of sp³-hybridized carbons (Fsp3) is 0.438. The number of anilines is 1. The Labute approximate surface area is 144 Å². The number of aromatic nitrogens is 2. The molecule has 0 spiro atoms. The Balaban J connectivity index is 1.51. The van der Waals surface area contributed by atoms with Crippen LogP contribution in [-0.2, 0) is 11.3 Å². The van der Waals surface area contributed by atoms with Crippen LogP contribution < -0.4 is 5.32 Å². The first-order valence-corrected chi connectivity index (χ1v) is 9.49. The third kappa shape index (κ3) is 4.45. The molecule has 1 N–H and O–H groups in total. The normalized spacial score (nSPS) is 15.6. The number of likely N-dealkylation sites (tertiary alicyclic amines) is 1. The van der Waals surface area contributed by atoms with Gasteiger partial charge < -0.3 is 10.2 Å². The number of nitrogens with one attached hydrogen (secondary N) is 1. The molecular formula is C16H20N4OS2. The van der Waals surface area contributed by atoms with Crippen molar-refractivity contribution in [3.8, 4) is 0 Å². The molecule has 1 fully saturated rings. The second-order valence-electron chi connectivity index (χ2n) is 5.50. The van der Waals surface area contributed by atoms with Gasteiger partial charge in [-0.25, -0.2) is 0 Å². The number of rotatable bonds is 6. The summed E-state index contributed by atoms with van der Waals surface area (Å²) in [6, 6.07) is 10.2. The summed E-state index contributed by atoms with van der Waals surface area (Å²) in [6.45, 7) is 4.46. The minimum Gasteiger partial charge on any atom is -0.356 e. The van der Waals surface area contributed by atoms with Gasteiger partial charge in [-0.3, -0.25) is 4.79 Å². The van der Waals surface area contributed by atoms with Gasteiger partial charge in [-0.15, -0.1) is 10.2 Å². The van der Waals surface area contributed by atoms with E-state index in [1.807, 2.05) is 30.0 Å². The zero-order valence-electron chi connectivity index (χ0n) is 13.1. The van der Waals surface area contributed by atoms with E-state index in [9.17, 15) is 4.79 Å².